The Morgan fingerprint density at radius 3 is 2.90 bits per heavy atom. The van der Waals surface area contributed by atoms with Gasteiger partial charge in [0.1, 0.15) is 0 Å². The Morgan fingerprint density at radius 1 is 1.35 bits per heavy atom. The Kier molecular flexibility index (Phi) is 6.02. The van der Waals surface area contributed by atoms with E-state index < -0.39 is 0 Å². The molecule has 1 aliphatic rings. The first-order valence-electron chi connectivity index (χ1n) is 7.48. The minimum absolute atomic E-state index is 0.187. The summed E-state index contributed by atoms with van der Waals surface area (Å²) in [5.74, 6) is 0.187. The molecule has 0 saturated carbocycles. The minimum atomic E-state index is 0.187. The van der Waals surface area contributed by atoms with Gasteiger partial charge in [-0.05, 0) is 32.0 Å². The van der Waals surface area contributed by atoms with E-state index in [0.29, 0.717) is 12.5 Å². The minimum Gasteiger partial charge on any atom is -0.352 e. The maximum absolute atomic E-state index is 11.8. The fourth-order valence-electron chi connectivity index (χ4n) is 2.66. The van der Waals surface area contributed by atoms with E-state index in [0.717, 1.165) is 39.0 Å². The molecule has 0 spiro atoms. The predicted octanol–water partition coefficient (Wildman–Crippen LogP) is 1.38. The van der Waals surface area contributed by atoms with Crippen LogP contribution in [-0.2, 0) is 11.3 Å². The monoisotopic (exact) mass is 275 g/mol. The Morgan fingerprint density at radius 2 is 2.15 bits per heavy atom. The van der Waals surface area contributed by atoms with E-state index in [1.54, 1.807) is 0 Å². The van der Waals surface area contributed by atoms with Crippen LogP contribution in [0.25, 0.3) is 0 Å². The normalized spacial score (nSPS) is 19.1. The van der Waals surface area contributed by atoms with Crippen LogP contribution >= 0.6 is 0 Å². The molecule has 2 N–H and O–H groups in total. The average Bonchev–Trinajstić information content (AvgIpc) is 2.87. The van der Waals surface area contributed by atoms with E-state index in [2.05, 4.69) is 39.8 Å². The fraction of sp³-hybridized carbons (Fsp3) is 0.562. The van der Waals surface area contributed by atoms with Crippen molar-refractivity contribution >= 4 is 5.91 Å². The topological polar surface area (TPSA) is 44.4 Å². The number of hydrogen-bond acceptors (Lipinski definition) is 3. The van der Waals surface area contributed by atoms with Gasteiger partial charge in [-0.3, -0.25) is 9.69 Å². The molecule has 1 unspecified atom stereocenters. The van der Waals surface area contributed by atoms with E-state index in [1.165, 1.54) is 5.56 Å². The van der Waals surface area contributed by atoms with Crippen molar-refractivity contribution in [1.29, 1.82) is 0 Å². The second-order valence-corrected chi connectivity index (χ2v) is 5.48. The molecular weight excluding hydrogens is 250 g/mol. The first kappa shape index (κ1) is 15.0. The molecule has 4 nitrogen and oxygen atoms in total. The van der Waals surface area contributed by atoms with Crippen LogP contribution in [0.1, 0.15) is 24.8 Å². The highest BCUT2D eigenvalue weighted by molar-refractivity contribution is 5.76. The van der Waals surface area contributed by atoms with Gasteiger partial charge in [0, 0.05) is 32.1 Å². The summed E-state index contributed by atoms with van der Waals surface area (Å²) in [6.07, 6.45) is 2.59. The smallest absolute Gasteiger partial charge is 0.220 e. The number of carbonyl (C=O) groups excluding carboxylic acids is 1. The molecule has 0 aromatic heterocycles. The van der Waals surface area contributed by atoms with Gasteiger partial charge in [0.25, 0.3) is 0 Å². The molecule has 1 saturated heterocycles. The summed E-state index contributed by atoms with van der Waals surface area (Å²) in [5.41, 5.74) is 1.34. The van der Waals surface area contributed by atoms with Crippen molar-refractivity contribution in [3.05, 3.63) is 35.9 Å². The number of carbonyl (C=O) groups is 1. The number of rotatable bonds is 7. The highest BCUT2D eigenvalue weighted by Crippen LogP contribution is 2.13. The Labute approximate surface area is 121 Å². The van der Waals surface area contributed by atoms with Crippen LogP contribution in [-0.4, -0.2) is 43.5 Å². The van der Waals surface area contributed by atoms with Crippen LogP contribution in [0.2, 0.25) is 0 Å². The van der Waals surface area contributed by atoms with E-state index in [1.807, 2.05) is 13.1 Å². The lowest BCUT2D eigenvalue weighted by atomic mass is 10.2. The van der Waals surface area contributed by atoms with Gasteiger partial charge in [-0.1, -0.05) is 30.3 Å². The molecule has 4 heteroatoms. The maximum atomic E-state index is 11.8. The van der Waals surface area contributed by atoms with Crippen LogP contribution < -0.4 is 10.6 Å². The number of amides is 1. The van der Waals surface area contributed by atoms with Gasteiger partial charge in [-0.25, -0.2) is 0 Å². The largest absolute Gasteiger partial charge is 0.352 e. The summed E-state index contributed by atoms with van der Waals surface area (Å²) in [7, 11) is 1.91. The van der Waals surface area contributed by atoms with Gasteiger partial charge in [-0.2, -0.15) is 0 Å². The average molecular weight is 275 g/mol. The van der Waals surface area contributed by atoms with Gasteiger partial charge < -0.3 is 10.6 Å². The molecule has 110 valence electrons. The summed E-state index contributed by atoms with van der Waals surface area (Å²) in [5, 5.41) is 6.21. The maximum Gasteiger partial charge on any atom is 0.220 e. The quantitative estimate of drug-likeness (QED) is 0.739. The van der Waals surface area contributed by atoms with Crippen LogP contribution in [0.3, 0.4) is 0 Å². The number of hydrogen-bond donors (Lipinski definition) is 2. The van der Waals surface area contributed by atoms with Gasteiger partial charge in [0.15, 0.2) is 0 Å². The number of nitrogens with one attached hydrogen (secondary N) is 2. The molecule has 1 amide bonds. The molecule has 0 bridgehead atoms. The highest BCUT2D eigenvalue weighted by atomic mass is 16.1. The summed E-state index contributed by atoms with van der Waals surface area (Å²) >= 11 is 0. The van der Waals surface area contributed by atoms with Crippen LogP contribution in [0.4, 0.5) is 0 Å². The zero-order chi connectivity index (χ0) is 14.2. The first-order valence-corrected chi connectivity index (χ1v) is 7.48. The molecule has 1 aromatic carbocycles. The molecule has 1 aromatic rings. The van der Waals surface area contributed by atoms with Crippen molar-refractivity contribution in [1.82, 2.24) is 15.5 Å². The van der Waals surface area contributed by atoms with Crippen molar-refractivity contribution in [3.8, 4) is 0 Å². The predicted molar refractivity (Wildman–Crippen MR) is 81.4 cm³/mol. The highest BCUT2D eigenvalue weighted by Gasteiger charge is 2.23. The zero-order valence-corrected chi connectivity index (χ0v) is 12.3. The number of benzene rings is 1. The van der Waals surface area contributed by atoms with E-state index in [4.69, 9.17) is 0 Å². The third-order valence-electron chi connectivity index (χ3n) is 3.72. The lowest BCUT2D eigenvalue weighted by Crippen LogP contribution is -2.37. The molecule has 1 fully saturated rings. The van der Waals surface area contributed by atoms with Gasteiger partial charge in [-0.15, -0.1) is 0 Å². The van der Waals surface area contributed by atoms with Crippen molar-refractivity contribution in [2.75, 3.05) is 26.7 Å². The lowest BCUT2D eigenvalue weighted by molar-refractivity contribution is -0.121. The van der Waals surface area contributed by atoms with Crippen molar-refractivity contribution in [2.45, 2.75) is 31.8 Å². The van der Waals surface area contributed by atoms with E-state index in [-0.39, 0.29) is 5.91 Å². The fourth-order valence-corrected chi connectivity index (χ4v) is 2.66. The van der Waals surface area contributed by atoms with Gasteiger partial charge in [0.05, 0.1) is 0 Å². The van der Waals surface area contributed by atoms with Gasteiger partial charge >= 0.3 is 0 Å². The van der Waals surface area contributed by atoms with E-state index in [9.17, 15) is 4.79 Å². The van der Waals surface area contributed by atoms with Crippen molar-refractivity contribution in [3.63, 3.8) is 0 Å². The molecule has 0 radical (unpaired) electrons. The molecule has 20 heavy (non-hydrogen) atoms. The molecule has 0 aliphatic carbocycles. The molecule has 1 aliphatic heterocycles. The zero-order valence-electron chi connectivity index (χ0n) is 12.3. The molecule has 2 rings (SSSR count). The standard InChI is InChI=1S/C16H25N3O/c1-17-10-5-8-16(20)18-15-9-11-19(13-15)12-14-6-3-2-4-7-14/h2-4,6-7,15,17H,5,8-13H2,1H3,(H,18,20). The van der Waals surface area contributed by atoms with Crippen LogP contribution in [0.15, 0.2) is 30.3 Å². The summed E-state index contributed by atoms with van der Waals surface area (Å²) < 4.78 is 0. The summed E-state index contributed by atoms with van der Waals surface area (Å²) in [6.45, 7) is 3.91. The third kappa shape index (κ3) is 4.94. The van der Waals surface area contributed by atoms with Crippen LogP contribution in [0, 0.1) is 0 Å². The van der Waals surface area contributed by atoms with Crippen molar-refractivity contribution in [2.24, 2.45) is 0 Å². The Balaban J connectivity index is 1.68. The molecular formula is C16H25N3O. The molecule has 1 atom stereocenters. The number of nitrogens with zero attached hydrogens (tertiary/aromatic N) is 1. The Hall–Kier alpha value is -1.39. The SMILES string of the molecule is CNCCCC(=O)NC1CCN(Cc2ccccc2)C1. The summed E-state index contributed by atoms with van der Waals surface area (Å²) in [4.78, 5) is 14.2. The lowest BCUT2D eigenvalue weighted by Gasteiger charge is -2.16. The third-order valence-corrected chi connectivity index (χ3v) is 3.72. The first-order chi connectivity index (χ1) is 9.78. The Bertz CT molecular complexity index is 407. The molecule has 1 heterocycles. The van der Waals surface area contributed by atoms with Gasteiger partial charge in [0.2, 0.25) is 5.91 Å². The second-order valence-electron chi connectivity index (χ2n) is 5.48. The summed E-state index contributed by atoms with van der Waals surface area (Å²) in [6, 6.07) is 10.8. The number of likely N-dealkylation sites (tertiary alicyclic amines) is 1. The van der Waals surface area contributed by atoms with Crippen LogP contribution in [0.5, 0.6) is 0 Å². The van der Waals surface area contributed by atoms with E-state index >= 15 is 0 Å². The second kappa shape index (κ2) is 8.02. The van der Waals surface area contributed by atoms with Crippen molar-refractivity contribution < 1.29 is 4.79 Å².